The molecule has 40 heavy (non-hydrogen) atoms. The molecular weight excluding hydrogens is 539 g/mol. The van der Waals surface area contributed by atoms with E-state index < -0.39 is 7.26 Å². The number of nitrogens with one attached hydrogen (secondary N) is 1. The summed E-state index contributed by atoms with van der Waals surface area (Å²) < 4.78 is 5.83. The van der Waals surface area contributed by atoms with Crippen molar-refractivity contribution in [3.05, 3.63) is 137 Å². The Morgan fingerprint density at radius 1 is 0.725 bits per heavy atom. The Kier molecular flexibility index (Phi) is 8.76. The lowest BCUT2D eigenvalue weighted by Gasteiger charge is -2.31. The number of hydrogen-bond donors (Lipinski definition) is 1. The van der Waals surface area contributed by atoms with E-state index >= 15 is 0 Å². The fraction of sp³-hybridized carbons (Fsp3) is 0.152. The van der Waals surface area contributed by atoms with Crippen LogP contribution >= 0.6 is 18.9 Å². The fourth-order valence-corrected chi connectivity index (χ4v) is 9.84. The largest absolute Gasteiger partial charge is 0.378 e. The number of nitrogens with zero attached hydrogens (tertiary/aromatic N) is 1. The van der Waals surface area contributed by atoms with Gasteiger partial charge in [0, 0.05) is 18.7 Å². The van der Waals surface area contributed by atoms with Gasteiger partial charge >= 0.3 is 0 Å². The summed E-state index contributed by atoms with van der Waals surface area (Å²) >= 11 is 7.58. The van der Waals surface area contributed by atoms with Crippen LogP contribution in [0.15, 0.2) is 126 Å². The molecule has 1 heterocycles. The Morgan fingerprint density at radius 3 is 1.62 bits per heavy atom. The van der Waals surface area contributed by atoms with Crippen LogP contribution in [0.5, 0.6) is 0 Å². The first-order chi connectivity index (χ1) is 19.5. The van der Waals surface area contributed by atoms with Gasteiger partial charge in [-0.1, -0.05) is 72.3 Å². The molecule has 0 bridgehead atoms. The van der Waals surface area contributed by atoms with Gasteiger partial charge in [0.1, 0.15) is 15.9 Å². The molecule has 4 aromatic carbocycles. The first-order valence-corrected chi connectivity index (χ1v) is 15.4. The number of carbonyl (C=O) groups excluding carboxylic acids is 2. The molecular formula is C33H31ClN2O3P+. The highest BCUT2D eigenvalue weighted by molar-refractivity contribution is 8.00. The molecule has 0 spiro atoms. The van der Waals surface area contributed by atoms with Crippen molar-refractivity contribution >= 4 is 46.6 Å². The van der Waals surface area contributed by atoms with Crippen molar-refractivity contribution in [2.75, 3.05) is 26.3 Å². The molecule has 202 valence electrons. The topological polar surface area (TPSA) is 58.6 Å². The lowest BCUT2D eigenvalue weighted by molar-refractivity contribution is -0.131. The smallest absolute Gasteiger partial charge is 0.275 e. The Hall–Kier alpha value is -3.76. The van der Waals surface area contributed by atoms with Crippen LogP contribution in [0.3, 0.4) is 0 Å². The van der Waals surface area contributed by atoms with Gasteiger partial charge < -0.3 is 15.0 Å². The average Bonchev–Trinajstić information content (AvgIpc) is 3.02. The molecule has 1 saturated heterocycles. The zero-order chi connectivity index (χ0) is 28.0. The molecule has 0 unspecified atom stereocenters. The Bertz CT molecular complexity index is 1390. The van der Waals surface area contributed by atoms with Gasteiger partial charge in [-0.05, 0) is 67.1 Å². The van der Waals surface area contributed by atoms with E-state index in [1.807, 2.05) is 73.7 Å². The summed E-state index contributed by atoms with van der Waals surface area (Å²) in [5.74, 6) is -0.706. The summed E-state index contributed by atoms with van der Waals surface area (Å²) in [6.45, 7) is 3.66. The van der Waals surface area contributed by atoms with E-state index in [0.29, 0.717) is 36.6 Å². The average molecular weight is 570 g/mol. The molecule has 0 radical (unpaired) electrons. The molecule has 7 heteroatoms. The normalized spacial score (nSPS) is 14.3. The highest BCUT2D eigenvalue weighted by Gasteiger charge is 2.52. The van der Waals surface area contributed by atoms with E-state index in [4.69, 9.17) is 16.3 Å². The number of hydrogen-bond acceptors (Lipinski definition) is 3. The van der Waals surface area contributed by atoms with Crippen molar-refractivity contribution in [1.29, 1.82) is 0 Å². The zero-order valence-corrected chi connectivity index (χ0v) is 23.9. The minimum Gasteiger partial charge on any atom is -0.378 e. The number of carbonyl (C=O) groups is 2. The first kappa shape index (κ1) is 27.8. The summed E-state index contributed by atoms with van der Waals surface area (Å²) in [6, 6.07) is 37.3. The fourth-order valence-electron chi connectivity index (χ4n) is 4.92. The maximum absolute atomic E-state index is 14.2. The van der Waals surface area contributed by atoms with Crippen molar-refractivity contribution in [3.8, 4) is 0 Å². The number of rotatable bonds is 7. The standard InChI is InChI=1S/C33H30ClN2O3P/c1-25-17-19-26(20-18-25)32(37)35-30(33(38)36-21-23-39-24-22-36)31(34)40(27-11-5-2-6-12-27,28-13-7-3-8-14-28)29-15-9-4-10-16-29/h2-20H,21-24H2,1H3/p+1. The summed E-state index contributed by atoms with van der Waals surface area (Å²) in [4.78, 5) is 29.5. The molecule has 5 rings (SSSR count). The number of aryl methyl sites for hydroxylation is 1. The number of benzene rings is 4. The van der Waals surface area contributed by atoms with Crippen LogP contribution in [-0.4, -0.2) is 43.0 Å². The third kappa shape index (κ3) is 5.59. The van der Waals surface area contributed by atoms with Gasteiger partial charge in [0.15, 0.2) is 13.0 Å². The number of ether oxygens (including phenoxy) is 1. The zero-order valence-electron chi connectivity index (χ0n) is 22.3. The lowest BCUT2D eigenvalue weighted by atomic mass is 10.1. The second-order valence-electron chi connectivity index (χ2n) is 9.57. The van der Waals surface area contributed by atoms with Crippen molar-refractivity contribution in [2.24, 2.45) is 0 Å². The number of amides is 2. The van der Waals surface area contributed by atoms with E-state index in [9.17, 15) is 9.59 Å². The molecule has 0 aromatic heterocycles. The van der Waals surface area contributed by atoms with Crippen molar-refractivity contribution in [3.63, 3.8) is 0 Å². The third-order valence-electron chi connectivity index (χ3n) is 7.00. The van der Waals surface area contributed by atoms with E-state index in [-0.39, 0.29) is 17.5 Å². The van der Waals surface area contributed by atoms with Crippen LogP contribution < -0.4 is 21.2 Å². The molecule has 5 nitrogen and oxygen atoms in total. The van der Waals surface area contributed by atoms with Gasteiger partial charge in [-0.15, -0.1) is 0 Å². The molecule has 1 aliphatic rings. The lowest BCUT2D eigenvalue weighted by Crippen LogP contribution is -2.45. The van der Waals surface area contributed by atoms with E-state index in [0.717, 1.165) is 21.5 Å². The van der Waals surface area contributed by atoms with Crippen molar-refractivity contribution in [2.45, 2.75) is 6.92 Å². The molecule has 4 aromatic rings. The second-order valence-corrected chi connectivity index (χ2v) is 13.5. The Labute approximate surface area is 240 Å². The summed E-state index contributed by atoms with van der Waals surface area (Å²) in [6.07, 6.45) is 0. The molecule has 0 saturated carbocycles. The van der Waals surface area contributed by atoms with Gasteiger partial charge in [0.2, 0.25) is 4.77 Å². The van der Waals surface area contributed by atoms with Crippen LogP contribution in [0.25, 0.3) is 0 Å². The molecule has 2 amide bonds. The number of morpholine rings is 1. The predicted octanol–water partition coefficient (Wildman–Crippen LogP) is 4.99. The number of halogens is 1. The van der Waals surface area contributed by atoms with Crippen molar-refractivity contribution < 1.29 is 14.3 Å². The van der Waals surface area contributed by atoms with Crippen LogP contribution in [0.4, 0.5) is 0 Å². The molecule has 0 aliphatic carbocycles. The van der Waals surface area contributed by atoms with E-state index in [2.05, 4.69) is 41.7 Å². The van der Waals surface area contributed by atoms with E-state index in [1.54, 1.807) is 17.0 Å². The van der Waals surface area contributed by atoms with Crippen LogP contribution in [0, 0.1) is 6.92 Å². The Morgan fingerprint density at radius 2 is 1.18 bits per heavy atom. The van der Waals surface area contributed by atoms with Gasteiger partial charge in [0.25, 0.3) is 11.8 Å². The third-order valence-corrected chi connectivity index (χ3v) is 12.0. The first-order valence-electron chi connectivity index (χ1n) is 13.2. The maximum Gasteiger partial charge on any atom is 0.275 e. The predicted molar refractivity (Wildman–Crippen MR) is 164 cm³/mol. The van der Waals surface area contributed by atoms with Gasteiger partial charge in [-0.2, -0.15) is 0 Å². The minimum atomic E-state index is -2.81. The summed E-state index contributed by atoms with van der Waals surface area (Å²) in [5.41, 5.74) is 1.58. The highest BCUT2D eigenvalue weighted by atomic mass is 35.5. The summed E-state index contributed by atoms with van der Waals surface area (Å²) in [5, 5.41) is 5.91. The second kappa shape index (κ2) is 12.6. The van der Waals surface area contributed by atoms with E-state index in [1.165, 1.54) is 0 Å². The van der Waals surface area contributed by atoms with Crippen LogP contribution in [0.1, 0.15) is 15.9 Å². The monoisotopic (exact) mass is 569 g/mol. The minimum absolute atomic E-state index is 0.0963. The van der Waals surface area contributed by atoms with Crippen molar-refractivity contribution in [1.82, 2.24) is 10.2 Å². The van der Waals surface area contributed by atoms with Gasteiger partial charge in [0.05, 0.1) is 13.2 Å². The van der Waals surface area contributed by atoms with Gasteiger partial charge in [-0.25, -0.2) is 0 Å². The SMILES string of the molecule is Cc1ccc(C(=O)NC(C(=O)N2CCOCC2)=C(Cl)[P+](c2ccccc2)(c2ccccc2)c2ccccc2)cc1. The van der Waals surface area contributed by atoms with Gasteiger partial charge in [-0.3, -0.25) is 9.59 Å². The molecule has 1 aliphatic heterocycles. The Balaban J connectivity index is 1.78. The molecule has 1 fully saturated rings. The highest BCUT2D eigenvalue weighted by Crippen LogP contribution is 2.64. The quantitative estimate of drug-likeness (QED) is 0.252. The van der Waals surface area contributed by atoms with Crippen LogP contribution in [-0.2, 0) is 9.53 Å². The van der Waals surface area contributed by atoms with Crippen LogP contribution in [0.2, 0.25) is 0 Å². The maximum atomic E-state index is 14.2. The summed E-state index contributed by atoms with van der Waals surface area (Å²) in [7, 11) is -2.81. The molecule has 1 N–H and O–H groups in total. The molecule has 0 atom stereocenters.